The summed E-state index contributed by atoms with van der Waals surface area (Å²) in [6.45, 7) is 2.00. The summed E-state index contributed by atoms with van der Waals surface area (Å²) in [5.41, 5.74) is 10.5. The van der Waals surface area contributed by atoms with Crippen LogP contribution in [0.25, 0.3) is 21.9 Å². The minimum Gasteiger partial charge on any atom is -0.398 e. The molecule has 0 bridgehead atoms. The molecule has 1 fully saturated rings. The molecule has 1 amide bonds. The maximum atomic E-state index is 13.3. The van der Waals surface area contributed by atoms with Crippen LogP contribution < -0.4 is 11.1 Å². The van der Waals surface area contributed by atoms with E-state index >= 15 is 0 Å². The number of carbonyl (C=O) groups excluding carboxylic acids is 1. The number of fused-ring (bicyclic) bond motifs is 1. The molecule has 2 aromatic heterocycles. The van der Waals surface area contributed by atoms with Crippen LogP contribution in [0.5, 0.6) is 0 Å². The topological polar surface area (TPSA) is 80.9 Å². The zero-order valence-corrected chi connectivity index (χ0v) is 16.6. The van der Waals surface area contributed by atoms with Crippen molar-refractivity contribution in [1.82, 2.24) is 9.97 Å². The second kappa shape index (κ2) is 7.82. The molecule has 0 aliphatic heterocycles. The van der Waals surface area contributed by atoms with E-state index in [-0.39, 0.29) is 31.6 Å². The van der Waals surface area contributed by atoms with E-state index in [0.29, 0.717) is 11.5 Å². The monoisotopic (exact) mass is 408 g/mol. The number of rotatable bonds is 3. The number of aromatic nitrogens is 2. The Labute approximate surface area is 173 Å². The molecule has 7 heteroatoms. The molecule has 154 valence electrons. The van der Waals surface area contributed by atoms with Crippen LogP contribution in [0.4, 0.5) is 20.3 Å². The van der Waals surface area contributed by atoms with E-state index in [9.17, 15) is 13.6 Å². The predicted octanol–water partition coefficient (Wildman–Crippen LogP) is 5.26. The summed E-state index contributed by atoms with van der Waals surface area (Å²) in [6, 6.07) is 7.55. The number of amides is 1. The zero-order valence-electron chi connectivity index (χ0n) is 16.6. The van der Waals surface area contributed by atoms with Gasteiger partial charge in [0.15, 0.2) is 0 Å². The lowest BCUT2D eigenvalue weighted by atomic mass is 9.91. The van der Waals surface area contributed by atoms with Gasteiger partial charge in [0.25, 0.3) is 0 Å². The summed E-state index contributed by atoms with van der Waals surface area (Å²) in [4.78, 5) is 20.8. The van der Waals surface area contributed by atoms with Crippen LogP contribution in [-0.4, -0.2) is 21.8 Å². The fourth-order valence-electron chi connectivity index (χ4n) is 3.71. The first kappa shape index (κ1) is 19.9. The molecule has 0 atom stereocenters. The highest BCUT2D eigenvalue weighted by Gasteiger charge is 2.32. The number of nitrogens with two attached hydrogens (primary N) is 1. The van der Waals surface area contributed by atoms with Crippen LogP contribution in [0.3, 0.4) is 0 Å². The van der Waals surface area contributed by atoms with Gasteiger partial charge in [0.2, 0.25) is 11.8 Å². The number of benzene rings is 1. The highest BCUT2D eigenvalue weighted by molar-refractivity contribution is 6.02. The number of nitrogen functional groups attached to an aromatic ring is 1. The third-order valence-corrected chi connectivity index (χ3v) is 5.43. The highest BCUT2D eigenvalue weighted by Crippen LogP contribution is 2.36. The van der Waals surface area contributed by atoms with Gasteiger partial charge in [0.05, 0.1) is 0 Å². The Morgan fingerprint density at radius 1 is 1.20 bits per heavy atom. The normalized spacial score (nSPS) is 15.8. The lowest BCUT2D eigenvalue weighted by molar-refractivity contribution is -0.112. The lowest BCUT2D eigenvalue weighted by Crippen LogP contribution is -2.21. The van der Waals surface area contributed by atoms with Crippen molar-refractivity contribution in [1.29, 1.82) is 0 Å². The van der Waals surface area contributed by atoms with E-state index < -0.39 is 5.92 Å². The van der Waals surface area contributed by atoms with Gasteiger partial charge in [-0.05, 0) is 60.5 Å². The van der Waals surface area contributed by atoms with Gasteiger partial charge in [-0.1, -0.05) is 5.57 Å². The summed E-state index contributed by atoms with van der Waals surface area (Å²) in [6.07, 6.45) is 6.60. The molecular formula is C23H22F2N4O. The van der Waals surface area contributed by atoms with Crippen molar-refractivity contribution in [3.63, 3.8) is 0 Å². The molecule has 30 heavy (non-hydrogen) atoms. The number of halogens is 2. The summed E-state index contributed by atoms with van der Waals surface area (Å²) in [7, 11) is 0. The van der Waals surface area contributed by atoms with Crippen molar-refractivity contribution >= 4 is 28.2 Å². The Morgan fingerprint density at radius 3 is 2.70 bits per heavy atom. The molecule has 1 aromatic carbocycles. The van der Waals surface area contributed by atoms with Crippen molar-refractivity contribution in [2.75, 3.05) is 11.1 Å². The van der Waals surface area contributed by atoms with Crippen LogP contribution >= 0.6 is 0 Å². The molecule has 0 radical (unpaired) electrons. The van der Waals surface area contributed by atoms with Gasteiger partial charge >= 0.3 is 0 Å². The van der Waals surface area contributed by atoms with Crippen molar-refractivity contribution < 1.29 is 13.6 Å². The molecule has 0 unspecified atom stereocenters. The molecule has 2 heterocycles. The molecule has 0 saturated heterocycles. The van der Waals surface area contributed by atoms with Crippen LogP contribution in [0.15, 0.2) is 54.5 Å². The highest BCUT2D eigenvalue weighted by atomic mass is 19.3. The van der Waals surface area contributed by atoms with E-state index in [4.69, 9.17) is 5.73 Å². The predicted molar refractivity (Wildman–Crippen MR) is 114 cm³/mol. The molecule has 3 N–H and O–H groups in total. The van der Waals surface area contributed by atoms with E-state index in [2.05, 4.69) is 15.3 Å². The number of aryl methyl sites for hydroxylation is 1. The number of alkyl halides is 2. The zero-order chi connectivity index (χ0) is 21.3. The minimum absolute atomic E-state index is 0.212. The van der Waals surface area contributed by atoms with Gasteiger partial charge in [-0.15, -0.1) is 0 Å². The Hall–Kier alpha value is -3.35. The second-order valence-corrected chi connectivity index (χ2v) is 7.69. The smallest absolute Gasteiger partial charge is 0.249 e. The Kier molecular flexibility index (Phi) is 5.20. The number of carbonyl (C=O) groups is 1. The molecular weight excluding hydrogens is 386 g/mol. The average molecular weight is 408 g/mol. The molecule has 0 spiro atoms. The SMILES string of the molecule is Cc1ccncc1-c1cc(N)c2cnc(NC(=O)C=C3CCC(F)(F)CC3)cc2c1. The van der Waals surface area contributed by atoms with Gasteiger partial charge in [0.1, 0.15) is 5.82 Å². The number of nitrogens with zero attached hydrogens (tertiary/aromatic N) is 2. The molecule has 4 rings (SSSR count). The van der Waals surface area contributed by atoms with Crippen LogP contribution in [0.1, 0.15) is 31.2 Å². The summed E-state index contributed by atoms with van der Waals surface area (Å²) < 4.78 is 26.5. The van der Waals surface area contributed by atoms with Crippen molar-refractivity contribution in [3.05, 3.63) is 60.1 Å². The maximum absolute atomic E-state index is 13.3. The minimum atomic E-state index is -2.63. The molecule has 5 nitrogen and oxygen atoms in total. The van der Waals surface area contributed by atoms with Gasteiger partial charge < -0.3 is 11.1 Å². The third-order valence-electron chi connectivity index (χ3n) is 5.43. The van der Waals surface area contributed by atoms with Crippen LogP contribution in [0.2, 0.25) is 0 Å². The Bertz CT molecular complexity index is 1150. The number of allylic oxidation sites excluding steroid dienone is 1. The standard InChI is InChI=1S/C23H22F2N4O/c1-14-4-7-27-12-18(14)16-9-17-11-21(28-13-19(17)20(26)10-16)29-22(30)8-15-2-5-23(24,25)6-3-15/h4,7-13H,2-3,5-6,26H2,1H3,(H,28,29,30). The van der Waals surface area contributed by atoms with Crippen LogP contribution in [-0.2, 0) is 4.79 Å². The molecule has 1 saturated carbocycles. The number of anilines is 2. The van der Waals surface area contributed by atoms with Gasteiger partial charge in [-0.3, -0.25) is 9.78 Å². The first-order valence-corrected chi connectivity index (χ1v) is 9.79. The average Bonchev–Trinajstić information content (AvgIpc) is 2.69. The lowest BCUT2D eigenvalue weighted by Gasteiger charge is -2.23. The van der Waals surface area contributed by atoms with Gasteiger partial charge in [0, 0.05) is 54.1 Å². The molecule has 1 aliphatic rings. The Morgan fingerprint density at radius 2 is 1.97 bits per heavy atom. The number of hydrogen-bond donors (Lipinski definition) is 2. The third kappa shape index (κ3) is 4.30. The van der Waals surface area contributed by atoms with Gasteiger partial charge in [-0.25, -0.2) is 13.8 Å². The summed E-state index contributed by atoms with van der Waals surface area (Å²) in [5.74, 6) is -2.61. The Balaban J connectivity index is 1.58. The number of nitrogens with one attached hydrogen (secondary N) is 1. The van der Waals surface area contributed by atoms with Crippen molar-refractivity contribution in [2.24, 2.45) is 0 Å². The molecule has 3 aromatic rings. The largest absolute Gasteiger partial charge is 0.398 e. The quantitative estimate of drug-likeness (QED) is 0.457. The van der Waals surface area contributed by atoms with E-state index in [0.717, 1.165) is 33.0 Å². The van der Waals surface area contributed by atoms with Crippen molar-refractivity contribution in [2.45, 2.75) is 38.5 Å². The first-order chi connectivity index (χ1) is 14.3. The fraction of sp³-hybridized carbons (Fsp3) is 0.261. The number of pyridine rings is 2. The van der Waals surface area contributed by atoms with E-state index in [1.807, 2.05) is 25.1 Å². The first-order valence-electron chi connectivity index (χ1n) is 9.79. The van der Waals surface area contributed by atoms with Crippen LogP contribution in [0, 0.1) is 6.92 Å². The van der Waals surface area contributed by atoms with E-state index in [1.54, 1.807) is 24.7 Å². The number of hydrogen-bond acceptors (Lipinski definition) is 4. The molecule has 1 aliphatic carbocycles. The van der Waals surface area contributed by atoms with E-state index in [1.165, 1.54) is 6.08 Å². The van der Waals surface area contributed by atoms with Gasteiger partial charge in [-0.2, -0.15) is 0 Å². The second-order valence-electron chi connectivity index (χ2n) is 7.69. The maximum Gasteiger partial charge on any atom is 0.249 e. The summed E-state index contributed by atoms with van der Waals surface area (Å²) >= 11 is 0. The summed E-state index contributed by atoms with van der Waals surface area (Å²) in [5, 5.41) is 4.35. The fourth-order valence-corrected chi connectivity index (χ4v) is 3.71. The van der Waals surface area contributed by atoms with Crippen molar-refractivity contribution in [3.8, 4) is 11.1 Å².